The molecule has 1 N–H and O–H groups in total. The number of thiazole rings is 1. The van der Waals surface area contributed by atoms with Crippen molar-refractivity contribution < 1.29 is 14.0 Å². The summed E-state index contributed by atoms with van der Waals surface area (Å²) in [6.07, 6.45) is 2.67. The SMILES string of the molecule is CCCN(Cc1cccn1Cc1nc(C(=O)NC(c2ccccc2)c2ccccc2)cs1)C(=O)c1ccccc1F. The number of nitrogens with zero attached hydrogens (tertiary/aromatic N) is 3. The van der Waals surface area contributed by atoms with E-state index in [9.17, 15) is 14.0 Å². The molecule has 0 radical (unpaired) electrons. The van der Waals surface area contributed by atoms with Crippen molar-refractivity contribution in [3.05, 3.63) is 148 Å². The van der Waals surface area contributed by atoms with E-state index in [0.29, 0.717) is 25.3 Å². The highest BCUT2D eigenvalue weighted by atomic mass is 32.1. The molecule has 0 spiro atoms. The molecular weight excluding hydrogens is 535 g/mol. The normalized spacial score (nSPS) is 11.0. The van der Waals surface area contributed by atoms with E-state index < -0.39 is 5.82 Å². The predicted octanol–water partition coefficient (Wildman–Crippen LogP) is 6.70. The Labute approximate surface area is 243 Å². The molecule has 0 unspecified atom stereocenters. The average molecular weight is 567 g/mol. The molecule has 0 fully saturated rings. The van der Waals surface area contributed by atoms with E-state index >= 15 is 0 Å². The highest BCUT2D eigenvalue weighted by molar-refractivity contribution is 7.09. The minimum absolute atomic E-state index is 0.0685. The lowest BCUT2D eigenvalue weighted by Gasteiger charge is -2.23. The lowest BCUT2D eigenvalue weighted by molar-refractivity contribution is 0.0734. The first kappa shape index (κ1) is 28.0. The van der Waals surface area contributed by atoms with Gasteiger partial charge in [0.1, 0.15) is 16.5 Å². The molecule has 0 saturated carbocycles. The summed E-state index contributed by atoms with van der Waals surface area (Å²) in [6.45, 7) is 3.28. The van der Waals surface area contributed by atoms with Gasteiger partial charge in [-0.2, -0.15) is 0 Å². The van der Waals surface area contributed by atoms with E-state index in [-0.39, 0.29) is 23.4 Å². The molecule has 0 aliphatic rings. The molecule has 5 aromatic rings. The number of hydrogen-bond acceptors (Lipinski definition) is 4. The van der Waals surface area contributed by atoms with Crippen molar-refractivity contribution in [1.29, 1.82) is 0 Å². The van der Waals surface area contributed by atoms with Crippen LogP contribution in [0.5, 0.6) is 0 Å². The molecule has 8 heteroatoms. The first-order valence-electron chi connectivity index (χ1n) is 13.6. The van der Waals surface area contributed by atoms with Crippen LogP contribution < -0.4 is 5.32 Å². The maximum absolute atomic E-state index is 14.3. The molecule has 5 rings (SSSR count). The van der Waals surface area contributed by atoms with Crippen molar-refractivity contribution in [1.82, 2.24) is 19.8 Å². The fourth-order valence-corrected chi connectivity index (χ4v) is 5.53. The Balaban J connectivity index is 1.29. The summed E-state index contributed by atoms with van der Waals surface area (Å²) in [4.78, 5) is 32.7. The van der Waals surface area contributed by atoms with Gasteiger partial charge in [-0.25, -0.2) is 9.37 Å². The quantitative estimate of drug-likeness (QED) is 0.193. The van der Waals surface area contributed by atoms with E-state index in [2.05, 4.69) is 10.3 Å². The van der Waals surface area contributed by atoms with Crippen LogP contribution in [-0.2, 0) is 13.1 Å². The van der Waals surface area contributed by atoms with Gasteiger partial charge < -0.3 is 14.8 Å². The molecule has 0 bridgehead atoms. The van der Waals surface area contributed by atoms with Crippen LogP contribution in [0, 0.1) is 5.82 Å². The average Bonchev–Trinajstić information content (AvgIpc) is 3.66. The highest BCUT2D eigenvalue weighted by Gasteiger charge is 2.22. The third kappa shape index (κ3) is 6.78. The molecule has 3 aromatic carbocycles. The Bertz CT molecular complexity index is 1560. The van der Waals surface area contributed by atoms with Crippen LogP contribution in [0.3, 0.4) is 0 Å². The molecule has 41 heavy (non-hydrogen) atoms. The number of aromatic nitrogens is 2. The summed E-state index contributed by atoms with van der Waals surface area (Å²) in [5.74, 6) is -1.11. The van der Waals surface area contributed by atoms with E-state index in [1.54, 1.807) is 22.4 Å². The van der Waals surface area contributed by atoms with Gasteiger partial charge in [0.2, 0.25) is 0 Å². The number of rotatable bonds is 11. The summed E-state index contributed by atoms with van der Waals surface area (Å²) in [6, 6.07) is 29.3. The second-order valence-corrected chi connectivity index (χ2v) is 10.6. The van der Waals surface area contributed by atoms with Crippen molar-refractivity contribution in [2.75, 3.05) is 6.54 Å². The topological polar surface area (TPSA) is 67.2 Å². The van der Waals surface area contributed by atoms with Gasteiger partial charge in [-0.15, -0.1) is 11.3 Å². The van der Waals surface area contributed by atoms with E-state index in [4.69, 9.17) is 0 Å². The van der Waals surface area contributed by atoms with Gasteiger partial charge in [0.05, 0.1) is 24.7 Å². The molecule has 0 atom stereocenters. The number of benzene rings is 3. The zero-order valence-electron chi connectivity index (χ0n) is 22.7. The van der Waals surface area contributed by atoms with Gasteiger partial charge in [-0.3, -0.25) is 9.59 Å². The number of halogens is 1. The Morgan fingerprint density at radius 1 is 0.927 bits per heavy atom. The molecule has 6 nitrogen and oxygen atoms in total. The van der Waals surface area contributed by atoms with Crippen molar-refractivity contribution in [3.8, 4) is 0 Å². The third-order valence-corrected chi connectivity index (χ3v) is 7.63. The van der Waals surface area contributed by atoms with Crippen molar-refractivity contribution in [3.63, 3.8) is 0 Å². The number of nitrogens with one attached hydrogen (secondary N) is 1. The zero-order chi connectivity index (χ0) is 28.6. The van der Waals surface area contributed by atoms with Gasteiger partial charge >= 0.3 is 0 Å². The van der Waals surface area contributed by atoms with Crippen LogP contribution in [0.1, 0.15) is 62.1 Å². The van der Waals surface area contributed by atoms with E-state index in [1.165, 1.54) is 23.5 Å². The largest absolute Gasteiger partial charge is 0.343 e. The van der Waals surface area contributed by atoms with E-state index in [1.807, 2.05) is 90.5 Å². The second kappa shape index (κ2) is 13.2. The molecule has 2 aromatic heterocycles. The molecule has 2 heterocycles. The minimum Gasteiger partial charge on any atom is -0.343 e. The fraction of sp³-hybridized carbons (Fsp3) is 0.182. The fourth-order valence-electron chi connectivity index (χ4n) is 4.76. The number of hydrogen-bond donors (Lipinski definition) is 1. The Hall–Kier alpha value is -4.56. The number of carbonyl (C=O) groups is 2. The van der Waals surface area contributed by atoms with Crippen LogP contribution in [0.4, 0.5) is 4.39 Å². The lowest BCUT2D eigenvalue weighted by Crippen LogP contribution is -2.32. The van der Waals surface area contributed by atoms with E-state index in [0.717, 1.165) is 28.2 Å². The Kier molecular flexibility index (Phi) is 9.01. The predicted molar refractivity (Wildman–Crippen MR) is 159 cm³/mol. The first-order valence-corrected chi connectivity index (χ1v) is 14.4. The van der Waals surface area contributed by atoms with Crippen LogP contribution in [0.2, 0.25) is 0 Å². The molecule has 2 amide bonds. The standard InChI is InChI=1S/C33H31FN4O2S/c1-2-19-38(33(40)27-17-9-10-18-28(27)34)21-26-16-11-20-37(26)22-30-35-29(23-41-30)32(39)36-31(24-12-5-3-6-13-24)25-14-7-4-8-15-25/h3-18,20,23,31H,2,19,21-22H2,1H3,(H,36,39). The maximum atomic E-state index is 14.3. The number of carbonyl (C=O) groups excluding carboxylic acids is 2. The highest BCUT2D eigenvalue weighted by Crippen LogP contribution is 2.23. The van der Waals surface area contributed by atoms with Crippen LogP contribution >= 0.6 is 11.3 Å². The number of amides is 2. The zero-order valence-corrected chi connectivity index (χ0v) is 23.6. The van der Waals surface area contributed by atoms with Crippen molar-refractivity contribution in [2.45, 2.75) is 32.5 Å². The Morgan fingerprint density at radius 3 is 2.24 bits per heavy atom. The summed E-state index contributed by atoms with van der Waals surface area (Å²) in [5.41, 5.74) is 3.30. The second-order valence-electron chi connectivity index (χ2n) is 9.69. The summed E-state index contributed by atoms with van der Waals surface area (Å²) >= 11 is 1.41. The van der Waals surface area contributed by atoms with Crippen LogP contribution in [-0.4, -0.2) is 32.8 Å². The molecule has 0 saturated heterocycles. The summed E-state index contributed by atoms with van der Waals surface area (Å²) in [5, 5.41) is 5.69. The van der Waals surface area contributed by atoms with Gasteiger partial charge in [-0.1, -0.05) is 79.7 Å². The summed E-state index contributed by atoms with van der Waals surface area (Å²) in [7, 11) is 0. The van der Waals surface area contributed by atoms with Crippen LogP contribution in [0.25, 0.3) is 0 Å². The first-order chi connectivity index (χ1) is 20.0. The van der Waals surface area contributed by atoms with Crippen LogP contribution in [0.15, 0.2) is 109 Å². The molecular formula is C33H31FN4O2S. The maximum Gasteiger partial charge on any atom is 0.271 e. The molecule has 0 aliphatic carbocycles. The smallest absolute Gasteiger partial charge is 0.271 e. The van der Waals surface area contributed by atoms with Crippen molar-refractivity contribution in [2.24, 2.45) is 0 Å². The lowest BCUT2D eigenvalue weighted by atomic mass is 9.98. The monoisotopic (exact) mass is 566 g/mol. The van der Waals surface area contributed by atoms with Gasteiger partial charge in [0, 0.05) is 23.8 Å². The van der Waals surface area contributed by atoms with Gasteiger partial charge in [-0.05, 0) is 41.8 Å². The molecule has 0 aliphatic heterocycles. The molecule has 208 valence electrons. The minimum atomic E-state index is -0.524. The van der Waals surface area contributed by atoms with Gasteiger partial charge in [0.25, 0.3) is 11.8 Å². The Morgan fingerprint density at radius 2 is 1.59 bits per heavy atom. The van der Waals surface area contributed by atoms with Gasteiger partial charge in [0.15, 0.2) is 0 Å². The van der Waals surface area contributed by atoms with Crippen molar-refractivity contribution >= 4 is 23.2 Å². The summed E-state index contributed by atoms with van der Waals surface area (Å²) < 4.78 is 16.3. The third-order valence-electron chi connectivity index (χ3n) is 6.79.